The molecule has 2 rings (SSSR count). The van der Waals surface area contributed by atoms with Crippen molar-refractivity contribution in [2.24, 2.45) is 5.90 Å². The van der Waals surface area contributed by atoms with E-state index in [9.17, 15) is 9.18 Å². The zero-order valence-corrected chi connectivity index (χ0v) is 8.09. The predicted molar refractivity (Wildman–Crippen MR) is 51.7 cm³/mol. The van der Waals surface area contributed by atoms with E-state index in [1.165, 1.54) is 24.5 Å². The van der Waals surface area contributed by atoms with Crippen LogP contribution in [0.15, 0.2) is 24.5 Å². The number of nitrogens with two attached hydrogens (primary N) is 1. The predicted octanol–water partition coefficient (Wildman–Crippen LogP) is 1.01. The number of carbonyl (C=O) groups is 1. The molecular weight excluding hydrogens is 217 g/mol. The second-order valence-corrected chi connectivity index (χ2v) is 2.94. The first kappa shape index (κ1) is 10.5. The summed E-state index contributed by atoms with van der Waals surface area (Å²) in [7, 11) is 0. The van der Waals surface area contributed by atoms with Crippen molar-refractivity contribution in [1.82, 2.24) is 9.55 Å². The molecule has 0 radical (unpaired) electrons. The molecule has 0 bridgehead atoms. The maximum absolute atomic E-state index is 12.8. The van der Waals surface area contributed by atoms with Gasteiger partial charge >= 0.3 is 6.09 Å². The number of benzene rings is 1. The van der Waals surface area contributed by atoms with Crippen LogP contribution in [0.3, 0.4) is 0 Å². The van der Waals surface area contributed by atoms with Crippen molar-refractivity contribution < 1.29 is 18.8 Å². The highest BCUT2D eigenvalue weighted by Gasteiger charge is 2.11. The largest absolute Gasteiger partial charge is 0.421 e. The molecule has 1 aromatic carbocycles. The number of hydrogen-bond acceptors (Lipinski definition) is 5. The van der Waals surface area contributed by atoms with Gasteiger partial charge in [-0.2, -0.15) is 0 Å². The summed E-state index contributed by atoms with van der Waals surface area (Å²) in [5.74, 6) is 4.29. The highest BCUT2D eigenvalue weighted by molar-refractivity contribution is 5.86. The van der Waals surface area contributed by atoms with Crippen LogP contribution < -0.4 is 5.90 Å². The summed E-state index contributed by atoms with van der Waals surface area (Å²) in [6, 6.07) is 3.88. The van der Waals surface area contributed by atoms with Gasteiger partial charge < -0.3 is 4.74 Å². The van der Waals surface area contributed by atoms with Crippen LogP contribution in [0.5, 0.6) is 0 Å². The van der Waals surface area contributed by atoms with Gasteiger partial charge in [0.05, 0.1) is 11.0 Å². The molecule has 0 saturated carbocycles. The molecule has 2 N–H and O–H groups in total. The number of ether oxygens (including phenoxy) is 1. The van der Waals surface area contributed by atoms with Crippen molar-refractivity contribution in [3.8, 4) is 0 Å². The fourth-order valence-corrected chi connectivity index (χ4v) is 1.29. The summed E-state index contributed by atoms with van der Waals surface area (Å²) in [6.45, 7) is -0.361. The van der Waals surface area contributed by atoms with E-state index < -0.39 is 11.9 Å². The van der Waals surface area contributed by atoms with E-state index in [2.05, 4.69) is 14.6 Å². The molecule has 6 nitrogen and oxygen atoms in total. The van der Waals surface area contributed by atoms with Crippen molar-refractivity contribution in [2.45, 2.75) is 0 Å². The van der Waals surface area contributed by atoms with Crippen LogP contribution in [0, 0.1) is 5.82 Å². The second-order valence-electron chi connectivity index (χ2n) is 2.94. The maximum Gasteiger partial charge on any atom is 0.421 e. The van der Waals surface area contributed by atoms with Crippen LogP contribution in [0.4, 0.5) is 9.18 Å². The Morgan fingerprint density at radius 2 is 2.38 bits per heavy atom. The fourth-order valence-electron chi connectivity index (χ4n) is 1.29. The van der Waals surface area contributed by atoms with Crippen molar-refractivity contribution in [3.05, 3.63) is 30.3 Å². The minimum absolute atomic E-state index is 0.361. The third-order valence-electron chi connectivity index (χ3n) is 1.96. The molecule has 0 fully saturated rings. The Bertz CT molecular complexity index is 526. The van der Waals surface area contributed by atoms with Gasteiger partial charge in [-0.15, -0.1) is 0 Å². The number of imidazole rings is 1. The summed E-state index contributed by atoms with van der Waals surface area (Å²) in [4.78, 5) is 19.4. The lowest BCUT2D eigenvalue weighted by Gasteiger charge is -2.03. The summed E-state index contributed by atoms with van der Waals surface area (Å²) in [5, 5.41) is 0. The lowest BCUT2D eigenvalue weighted by molar-refractivity contribution is -0.0155. The summed E-state index contributed by atoms with van der Waals surface area (Å²) in [6.07, 6.45) is 0.544. The smallest absolute Gasteiger partial charge is 0.420 e. The first-order valence-corrected chi connectivity index (χ1v) is 4.34. The van der Waals surface area contributed by atoms with Gasteiger partial charge in [0.15, 0.2) is 0 Å². The van der Waals surface area contributed by atoms with E-state index in [1.807, 2.05) is 0 Å². The molecule has 0 unspecified atom stereocenters. The van der Waals surface area contributed by atoms with E-state index in [-0.39, 0.29) is 6.79 Å². The number of fused-ring (bicyclic) bond motifs is 1. The molecule has 1 aromatic heterocycles. The highest BCUT2D eigenvalue weighted by Crippen LogP contribution is 2.14. The number of rotatable bonds is 2. The van der Waals surface area contributed by atoms with Crippen molar-refractivity contribution >= 4 is 17.1 Å². The monoisotopic (exact) mass is 225 g/mol. The Labute approximate surface area is 89.3 Å². The standard InChI is InChI=1S/C9H8FN3O3/c10-6-1-2-8-7(3-6)12-4-13(8)9(14)15-5-16-11/h1-4H,5,11H2. The topological polar surface area (TPSA) is 79.4 Å². The first-order chi connectivity index (χ1) is 7.72. The first-order valence-electron chi connectivity index (χ1n) is 4.34. The quantitative estimate of drug-likeness (QED) is 0.609. The molecule has 0 spiro atoms. The zero-order valence-electron chi connectivity index (χ0n) is 8.09. The normalized spacial score (nSPS) is 10.6. The second kappa shape index (κ2) is 4.25. The lowest BCUT2D eigenvalue weighted by Crippen LogP contribution is -2.16. The van der Waals surface area contributed by atoms with Gasteiger partial charge in [0.2, 0.25) is 6.79 Å². The number of nitrogens with zero attached hydrogens (tertiary/aromatic N) is 2. The Balaban J connectivity index is 2.34. The molecule has 0 amide bonds. The average molecular weight is 225 g/mol. The molecule has 0 atom stereocenters. The molecule has 0 aliphatic rings. The third-order valence-corrected chi connectivity index (χ3v) is 1.96. The highest BCUT2D eigenvalue weighted by atomic mass is 19.1. The van der Waals surface area contributed by atoms with Gasteiger partial charge in [0, 0.05) is 6.07 Å². The summed E-state index contributed by atoms with van der Waals surface area (Å²) < 4.78 is 18.6. The SMILES string of the molecule is NOCOC(=O)n1cnc2cc(F)ccc21. The minimum atomic E-state index is -0.695. The molecule has 16 heavy (non-hydrogen) atoms. The third kappa shape index (κ3) is 1.86. The van der Waals surface area contributed by atoms with Gasteiger partial charge in [0.1, 0.15) is 12.1 Å². The minimum Gasteiger partial charge on any atom is -0.420 e. The van der Waals surface area contributed by atoms with E-state index in [1.54, 1.807) is 0 Å². The molecule has 0 aliphatic heterocycles. The van der Waals surface area contributed by atoms with Crippen molar-refractivity contribution in [3.63, 3.8) is 0 Å². The Hall–Kier alpha value is -1.99. The van der Waals surface area contributed by atoms with Crippen LogP contribution >= 0.6 is 0 Å². The van der Waals surface area contributed by atoms with Crippen LogP contribution in [-0.2, 0) is 9.57 Å². The van der Waals surface area contributed by atoms with Gasteiger partial charge in [-0.25, -0.2) is 24.6 Å². The van der Waals surface area contributed by atoms with Gasteiger partial charge in [-0.1, -0.05) is 0 Å². The van der Waals surface area contributed by atoms with Gasteiger partial charge in [-0.3, -0.25) is 4.84 Å². The van der Waals surface area contributed by atoms with E-state index in [0.29, 0.717) is 11.0 Å². The Morgan fingerprint density at radius 3 is 3.12 bits per heavy atom. The van der Waals surface area contributed by atoms with Crippen molar-refractivity contribution in [1.29, 1.82) is 0 Å². The molecule has 0 aliphatic carbocycles. The van der Waals surface area contributed by atoms with Gasteiger partial charge in [-0.05, 0) is 12.1 Å². The Kier molecular flexibility index (Phi) is 2.80. The van der Waals surface area contributed by atoms with Crippen LogP contribution in [0.1, 0.15) is 0 Å². The fraction of sp³-hybridized carbons (Fsp3) is 0.111. The van der Waals surface area contributed by atoms with Crippen LogP contribution in [-0.4, -0.2) is 22.4 Å². The molecule has 84 valence electrons. The molecule has 7 heteroatoms. The zero-order chi connectivity index (χ0) is 11.5. The summed E-state index contributed by atoms with van der Waals surface area (Å²) >= 11 is 0. The average Bonchev–Trinajstić information content (AvgIpc) is 2.68. The van der Waals surface area contributed by atoms with Crippen LogP contribution in [0.2, 0.25) is 0 Å². The molecule has 1 heterocycles. The molecular formula is C9H8FN3O3. The summed E-state index contributed by atoms with van der Waals surface area (Å²) in [5.41, 5.74) is 0.814. The maximum atomic E-state index is 12.8. The number of aromatic nitrogens is 2. The van der Waals surface area contributed by atoms with Gasteiger partial charge in [0.25, 0.3) is 0 Å². The van der Waals surface area contributed by atoms with E-state index in [0.717, 1.165) is 4.57 Å². The number of hydrogen-bond donors (Lipinski definition) is 1. The van der Waals surface area contributed by atoms with Crippen LogP contribution in [0.25, 0.3) is 11.0 Å². The molecule has 2 aromatic rings. The van der Waals surface area contributed by atoms with E-state index >= 15 is 0 Å². The van der Waals surface area contributed by atoms with E-state index in [4.69, 9.17) is 5.90 Å². The van der Waals surface area contributed by atoms with Crippen molar-refractivity contribution in [2.75, 3.05) is 6.79 Å². The number of halogens is 1. The number of carbonyl (C=O) groups excluding carboxylic acids is 1. The molecule has 0 saturated heterocycles. The Morgan fingerprint density at radius 1 is 1.56 bits per heavy atom. The lowest BCUT2D eigenvalue weighted by atomic mass is 10.3.